The maximum Gasteiger partial charge on any atom is 0.260 e. The second-order valence-corrected chi connectivity index (χ2v) is 8.71. The Bertz CT molecular complexity index is 1370. The van der Waals surface area contributed by atoms with Gasteiger partial charge in [0.25, 0.3) is 5.91 Å². The summed E-state index contributed by atoms with van der Waals surface area (Å²) in [6, 6.07) is 25.8. The smallest absolute Gasteiger partial charge is 0.260 e. The maximum atomic E-state index is 12.6. The third kappa shape index (κ3) is 5.25. The Kier molecular flexibility index (Phi) is 6.58. The average Bonchev–Trinajstić information content (AvgIpc) is 2.92. The second-order valence-electron chi connectivity index (χ2n) is 8.71. The van der Waals surface area contributed by atoms with Crippen LogP contribution in [0.1, 0.15) is 18.4 Å². The van der Waals surface area contributed by atoms with E-state index < -0.39 is 0 Å². The highest BCUT2D eigenvalue weighted by Crippen LogP contribution is 2.32. The zero-order valence-corrected chi connectivity index (χ0v) is 19.4. The van der Waals surface area contributed by atoms with Gasteiger partial charge in [0.2, 0.25) is 0 Å². The number of piperidine rings is 1. The lowest BCUT2D eigenvalue weighted by Crippen LogP contribution is -2.44. The summed E-state index contributed by atoms with van der Waals surface area (Å²) in [4.78, 5) is 18.8. The molecular formula is C29H26N4O2. The van der Waals surface area contributed by atoms with Crippen LogP contribution in [0.15, 0.2) is 85.2 Å². The van der Waals surface area contributed by atoms with Crippen LogP contribution in [0.5, 0.6) is 5.75 Å². The van der Waals surface area contributed by atoms with E-state index in [0.717, 1.165) is 40.4 Å². The molecule has 0 aliphatic carbocycles. The molecule has 0 spiro atoms. The van der Waals surface area contributed by atoms with Gasteiger partial charge < -0.3 is 15.0 Å². The van der Waals surface area contributed by atoms with Crippen LogP contribution in [0.3, 0.4) is 0 Å². The first-order valence-electron chi connectivity index (χ1n) is 11.8. The number of benzene rings is 3. The van der Waals surface area contributed by atoms with E-state index in [0.29, 0.717) is 24.4 Å². The molecule has 1 saturated heterocycles. The Balaban J connectivity index is 1.27. The van der Waals surface area contributed by atoms with Crippen molar-refractivity contribution in [2.24, 2.45) is 0 Å². The first kappa shape index (κ1) is 22.4. The molecule has 1 aliphatic heterocycles. The number of hydrogen-bond acceptors (Lipinski definition) is 5. The van der Waals surface area contributed by atoms with Crippen molar-refractivity contribution in [1.29, 1.82) is 5.26 Å². The van der Waals surface area contributed by atoms with E-state index in [4.69, 9.17) is 4.74 Å². The molecule has 0 bridgehead atoms. The quantitative estimate of drug-likeness (QED) is 0.423. The van der Waals surface area contributed by atoms with Crippen molar-refractivity contribution < 1.29 is 9.53 Å². The molecule has 5 rings (SSSR count). The molecule has 2 heterocycles. The molecule has 1 fully saturated rings. The van der Waals surface area contributed by atoms with Crippen molar-refractivity contribution in [1.82, 2.24) is 9.88 Å². The van der Waals surface area contributed by atoms with Crippen LogP contribution in [-0.2, 0) is 4.79 Å². The number of anilines is 1. The fraction of sp³-hybridized carbons (Fsp3) is 0.207. The molecule has 0 unspecified atom stereocenters. The molecule has 1 aromatic heterocycles. The van der Waals surface area contributed by atoms with Crippen molar-refractivity contribution in [2.75, 3.05) is 25.0 Å². The van der Waals surface area contributed by atoms with E-state index in [1.807, 2.05) is 71.8 Å². The number of aromatic nitrogens is 1. The molecular weight excluding hydrogens is 436 g/mol. The number of hydrogen-bond donors (Lipinski definition) is 1. The van der Waals surface area contributed by atoms with Gasteiger partial charge in [0.15, 0.2) is 6.61 Å². The summed E-state index contributed by atoms with van der Waals surface area (Å²) < 4.78 is 5.63. The molecule has 6 heteroatoms. The Labute approximate surface area is 204 Å². The third-order valence-electron chi connectivity index (χ3n) is 6.39. The van der Waals surface area contributed by atoms with E-state index in [1.54, 1.807) is 6.20 Å². The summed E-state index contributed by atoms with van der Waals surface area (Å²) in [5, 5.41) is 15.2. The number of rotatable bonds is 6. The summed E-state index contributed by atoms with van der Waals surface area (Å²) >= 11 is 0. The summed E-state index contributed by atoms with van der Waals surface area (Å²) in [6.07, 6.45) is 5.38. The number of para-hydroxylation sites is 1. The SMILES string of the molecule is N#Cc1cccc(-c2cc(NC3CCN(C(=O)COc4ccccc4)CC3)c3cnccc3c2)c1. The van der Waals surface area contributed by atoms with Crippen molar-refractivity contribution in [2.45, 2.75) is 18.9 Å². The van der Waals surface area contributed by atoms with Crippen molar-refractivity contribution in [3.63, 3.8) is 0 Å². The summed E-state index contributed by atoms with van der Waals surface area (Å²) in [7, 11) is 0. The van der Waals surface area contributed by atoms with Gasteiger partial charge in [0.05, 0.1) is 11.6 Å². The highest BCUT2D eigenvalue weighted by molar-refractivity contribution is 5.97. The minimum absolute atomic E-state index is 0.0151. The number of ether oxygens (including phenoxy) is 1. The van der Waals surface area contributed by atoms with Gasteiger partial charge in [-0.05, 0) is 71.8 Å². The zero-order chi connectivity index (χ0) is 24.0. The lowest BCUT2D eigenvalue weighted by Gasteiger charge is -2.33. The number of amides is 1. The zero-order valence-electron chi connectivity index (χ0n) is 19.4. The van der Waals surface area contributed by atoms with Gasteiger partial charge in [-0.25, -0.2) is 0 Å². The molecule has 0 saturated carbocycles. The van der Waals surface area contributed by atoms with Crippen molar-refractivity contribution in [3.05, 3.63) is 90.8 Å². The topological polar surface area (TPSA) is 78.2 Å². The van der Waals surface area contributed by atoms with Gasteiger partial charge in [-0.2, -0.15) is 5.26 Å². The number of carbonyl (C=O) groups excluding carboxylic acids is 1. The number of nitrogens with zero attached hydrogens (tertiary/aromatic N) is 3. The number of likely N-dealkylation sites (tertiary alicyclic amines) is 1. The first-order chi connectivity index (χ1) is 17.2. The monoisotopic (exact) mass is 462 g/mol. The molecule has 4 aromatic rings. The minimum atomic E-state index is 0.0151. The number of pyridine rings is 1. The maximum absolute atomic E-state index is 12.6. The predicted octanol–water partition coefficient (Wildman–Crippen LogP) is 5.26. The van der Waals surface area contributed by atoms with Crippen LogP contribution in [0, 0.1) is 11.3 Å². The van der Waals surface area contributed by atoms with E-state index >= 15 is 0 Å². The largest absolute Gasteiger partial charge is 0.484 e. The van der Waals surface area contributed by atoms with Crippen LogP contribution >= 0.6 is 0 Å². The summed E-state index contributed by atoms with van der Waals surface area (Å²) in [5.41, 5.74) is 3.71. The Morgan fingerprint density at radius 3 is 2.66 bits per heavy atom. The average molecular weight is 463 g/mol. The van der Waals surface area contributed by atoms with E-state index in [2.05, 4.69) is 28.5 Å². The Hall–Kier alpha value is -4.37. The minimum Gasteiger partial charge on any atom is -0.484 e. The van der Waals surface area contributed by atoms with Gasteiger partial charge in [0.1, 0.15) is 5.75 Å². The fourth-order valence-corrected chi connectivity index (χ4v) is 4.50. The van der Waals surface area contributed by atoms with Crippen LogP contribution < -0.4 is 10.1 Å². The van der Waals surface area contributed by atoms with Gasteiger partial charge in [-0.15, -0.1) is 0 Å². The molecule has 1 amide bonds. The van der Waals surface area contributed by atoms with Crippen LogP contribution in [0.4, 0.5) is 5.69 Å². The number of nitrogens with one attached hydrogen (secondary N) is 1. The van der Waals surface area contributed by atoms with Gasteiger partial charge in [-0.1, -0.05) is 30.3 Å². The lowest BCUT2D eigenvalue weighted by atomic mass is 9.98. The number of carbonyl (C=O) groups is 1. The summed E-state index contributed by atoms with van der Waals surface area (Å²) in [5.74, 6) is 0.722. The van der Waals surface area contributed by atoms with E-state index in [1.165, 1.54) is 0 Å². The molecule has 1 aliphatic rings. The highest BCUT2D eigenvalue weighted by Gasteiger charge is 2.23. The molecule has 174 valence electrons. The first-order valence-corrected chi connectivity index (χ1v) is 11.8. The molecule has 1 N–H and O–H groups in total. The van der Waals surface area contributed by atoms with Crippen LogP contribution in [0.2, 0.25) is 0 Å². The second kappa shape index (κ2) is 10.3. The van der Waals surface area contributed by atoms with Crippen LogP contribution in [-0.4, -0.2) is 41.5 Å². The van der Waals surface area contributed by atoms with E-state index in [9.17, 15) is 10.1 Å². The molecule has 6 nitrogen and oxygen atoms in total. The molecule has 0 radical (unpaired) electrons. The number of fused-ring (bicyclic) bond motifs is 1. The predicted molar refractivity (Wildman–Crippen MR) is 137 cm³/mol. The fourth-order valence-electron chi connectivity index (χ4n) is 4.50. The van der Waals surface area contributed by atoms with Crippen LogP contribution in [0.25, 0.3) is 21.9 Å². The summed E-state index contributed by atoms with van der Waals surface area (Å²) in [6.45, 7) is 1.44. The lowest BCUT2D eigenvalue weighted by molar-refractivity contribution is -0.134. The molecule has 3 aromatic carbocycles. The molecule has 0 atom stereocenters. The van der Waals surface area contributed by atoms with Gasteiger partial charge in [0, 0.05) is 42.6 Å². The van der Waals surface area contributed by atoms with Gasteiger partial charge >= 0.3 is 0 Å². The third-order valence-corrected chi connectivity index (χ3v) is 6.39. The Morgan fingerprint density at radius 2 is 1.86 bits per heavy atom. The van der Waals surface area contributed by atoms with Crippen molar-refractivity contribution >= 4 is 22.4 Å². The highest BCUT2D eigenvalue weighted by atomic mass is 16.5. The molecule has 35 heavy (non-hydrogen) atoms. The van der Waals surface area contributed by atoms with E-state index in [-0.39, 0.29) is 18.6 Å². The standard InChI is InChI=1S/C29H26N4O2/c30-18-21-5-4-6-22(15-21)24-16-23-9-12-31-19-27(23)28(17-24)32-25-10-13-33(14-11-25)29(34)20-35-26-7-2-1-3-8-26/h1-9,12,15-17,19,25,32H,10-11,13-14,20H2. The van der Waals surface area contributed by atoms with Crippen molar-refractivity contribution in [3.8, 4) is 22.9 Å². The van der Waals surface area contributed by atoms with Gasteiger partial charge in [-0.3, -0.25) is 9.78 Å². The Morgan fingerprint density at radius 1 is 1.03 bits per heavy atom. The normalized spacial score (nSPS) is 13.9. The number of nitriles is 1.